The van der Waals surface area contributed by atoms with Crippen molar-refractivity contribution in [3.8, 4) is 0 Å². The molecule has 2 bridgehead atoms. The molecule has 2 saturated heterocycles. The van der Waals surface area contributed by atoms with Crippen molar-refractivity contribution in [2.75, 3.05) is 33.4 Å². The van der Waals surface area contributed by atoms with E-state index in [0.29, 0.717) is 13.2 Å². The molecule has 0 spiro atoms. The minimum atomic E-state index is -0.0476. The summed E-state index contributed by atoms with van der Waals surface area (Å²) in [7, 11) is 1.88. The topological polar surface area (TPSA) is 45.9 Å². The van der Waals surface area contributed by atoms with Gasteiger partial charge >= 0.3 is 0 Å². The number of amides is 1. The summed E-state index contributed by atoms with van der Waals surface area (Å²) in [6.07, 6.45) is 0. The van der Waals surface area contributed by atoms with Crippen molar-refractivity contribution in [3.05, 3.63) is 23.7 Å². The first-order valence-corrected chi connectivity index (χ1v) is 6.75. The fourth-order valence-electron chi connectivity index (χ4n) is 2.91. The summed E-state index contributed by atoms with van der Waals surface area (Å²) in [5.41, 5.74) is 0. The van der Waals surface area contributed by atoms with E-state index in [9.17, 15) is 4.79 Å². The Hall–Kier alpha value is -1.33. The summed E-state index contributed by atoms with van der Waals surface area (Å²) in [6.45, 7) is 5.48. The van der Waals surface area contributed by atoms with Gasteiger partial charge in [-0.3, -0.25) is 9.69 Å². The molecule has 5 heteroatoms. The van der Waals surface area contributed by atoms with Crippen molar-refractivity contribution in [2.45, 2.75) is 19.5 Å². The number of carbonyl (C=O) groups excluding carboxylic acids is 1. The minimum absolute atomic E-state index is 0.0476. The molecular weight excluding hydrogens is 244 g/mol. The Morgan fingerprint density at radius 3 is 2.89 bits per heavy atom. The maximum Gasteiger partial charge on any atom is 0.229 e. The smallest absolute Gasteiger partial charge is 0.229 e. The summed E-state index contributed by atoms with van der Waals surface area (Å²) in [5.74, 6) is 2.06. The second kappa shape index (κ2) is 4.98. The molecule has 0 saturated carbocycles. The number of likely N-dealkylation sites (N-methyl/N-ethyl adjacent to an activating group) is 1. The first-order chi connectivity index (χ1) is 9.13. The number of carbonyl (C=O) groups is 1. The molecular formula is C14H20N2O3. The number of aryl methyl sites for hydroxylation is 1. The number of hydrogen-bond acceptors (Lipinski definition) is 4. The summed E-state index contributed by atoms with van der Waals surface area (Å²) < 4.78 is 11.2. The molecule has 0 radical (unpaired) electrons. The van der Waals surface area contributed by atoms with Crippen LogP contribution in [0.25, 0.3) is 0 Å². The predicted octanol–water partition coefficient (Wildman–Crippen LogP) is 0.877. The van der Waals surface area contributed by atoms with Gasteiger partial charge in [-0.05, 0) is 19.1 Å². The van der Waals surface area contributed by atoms with Gasteiger partial charge in [0.1, 0.15) is 11.5 Å². The molecule has 1 aromatic rings. The molecule has 3 rings (SSSR count). The average molecular weight is 264 g/mol. The van der Waals surface area contributed by atoms with Crippen molar-refractivity contribution in [2.24, 2.45) is 5.92 Å². The molecule has 1 amide bonds. The molecule has 3 heterocycles. The van der Waals surface area contributed by atoms with Crippen LogP contribution in [0, 0.1) is 12.8 Å². The van der Waals surface area contributed by atoms with Gasteiger partial charge in [0.25, 0.3) is 0 Å². The molecule has 104 valence electrons. The van der Waals surface area contributed by atoms with Crippen LogP contribution in [0.2, 0.25) is 0 Å². The van der Waals surface area contributed by atoms with Crippen LogP contribution in [0.4, 0.5) is 0 Å². The normalized spacial score (nSPS) is 28.5. The van der Waals surface area contributed by atoms with Gasteiger partial charge in [-0.2, -0.15) is 0 Å². The standard InChI is InChI=1S/C14H20N2O3/c1-10-3-4-13(19-10)7-16-5-11-8-18-9-12(6-16)15(2)14(11)17/h3-4,11-12H,5-9H2,1-2H3/t11-,12+/m1/s1. The molecule has 1 aromatic heterocycles. The Balaban J connectivity index is 1.76. The Kier molecular flexibility index (Phi) is 3.33. The lowest BCUT2D eigenvalue weighted by molar-refractivity contribution is -0.134. The van der Waals surface area contributed by atoms with E-state index in [1.54, 1.807) is 0 Å². The number of hydrogen-bond donors (Lipinski definition) is 0. The van der Waals surface area contributed by atoms with Crippen molar-refractivity contribution in [1.82, 2.24) is 9.80 Å². The monoisotopic (exact) mass is 264 g/mol. The Morgan fingerprint density at radius 2 is 2.16 bits per heavy atom. The predicted molar refractivity (Wildman–Crippen MR) is 69.6 cm³/mol. The Bertz CT molecular complexity index is 471. The molecule has 2 atom stereocenters. The molecule has 2 aliphatic heterocycles. The number of rotatable bonds is 2. The highest BCUT2D eigenvalue weighted by Gasteiger charge is 2.37. The molecule has 0 aromatic carbocycles. The lowest BCUT2D eigenvalue weighted by Gasteiger charge is -2.28. The summed E-state index contributed by atoms with van der Waals surface area (Å²) in [5, 5.41) is 0. The summed E-state index contributed by atoms with van der Waals surface area (Å²) in [6, 6.07) is 4.14. The van der Waals surface area contributed by atoms with Crippen LogP contribution >= 0.6 is 0 Å². The van der Waals surface area contributed by atoms with Crippen molar-refractivity contribution in [3.63, 3.8) is 0 Å². The zero-order chi connectivity index (χ0) is 13.4. The third-order valence-electron chi connectivity index (χ3n) is 4.00. The van der Waals surface area contributed by atoms with Gasteiger partial charge in [0.05, 0.1) is 31.7 Å². The van der Waals surface area contributed by atoms with Crippen LogP contribution in [0.3, 0.4) is 0 Å². The van der Waals surface area contributed by atoms with Crippen LogP contribution in [-0.4, -0.2) is 55.1 Å². The summed E-state index contributed by atoms with van der Waals surface area (Å²) in [4.78, 5) is 16.4. The summed E-state index contributed by atoms with van der Waals surface area (Å²) >= 11 is 0. The second-order valence-corrected chi connectivity index (χ2v) is 5.54. The first-order valence-electron chi connectivity index (χ1n) is 6.75. The van der Waals surface area contributed by atoms with Crippen LogP contribution in [0.15, 0.2) is 16.5 Å². The van der Waals surface area contributed by atoms with E-state index < -0.39 is 0 Å². The van der Waals surface area contributed by atoms with E-state index in [-0.39, 0.29) is 17.9 Å². The van der Waals surface area contributed by atoms with E-state index >= 15 is 0 Å². The molecule has 0 N–H and O–H groups in total. The maximum absolute atomic E-state index is 12.2. The molecule has 19 heavy (non-hydrogen) atoms. The fourth-order valence-corrected chi connectivity index (χ4v) is 2.91. The molecule has 0 unspecified atom stereocenters. The van der Waals surface area contributed by atoms with E-state index in [0.717, 1.165) is 31.2 Å². The minimum Gasteiger partial charge on any atom is -0.465 e. The van der Waals surface area contributed by atoms with Gasteiger partial charge in [-0.15, -0.1) is 0 Å². The van der Waals surface area contributed by atoms with E-state index in [1.165, 1.54) is 0 Å². The zero-order valence-electron chi connectivity index (χ0n) is 11.5. The first kappa shape index (κ1) is 12.7. The Labute approximate surface area is 113 Å². The van der Waals surface area contributed by atoms with Crippen LogP contribution in [-0.2, 0) is 16.1 Å². The number of fused-ring (bicyclic) bond motifs is 3. The highest BCUT2D eigenvalue weighted by atomic mass is 16.5. The van der Waals surface area contributed by atoms with Gasteiger partial charge in [0.2, 0.25) is 5.91 Å². The lowest BCUT2D eigenvalue weighted by Crippen LogP contribution is -2.42. The number of nitrogens with zero attached hydrogens (tertiary/aromatic N) is 2. The lowest BCUT2D eigenvalue weighted by atomic mass is 10.1. The molecule has 2 aliphatic rings. The van der Waals surface area contributed by atoms with Gasteiger partial charge in [-0.25, -0.2) is 0 Å². The van der Waals surface area contributed by atoms with Gasteiger partial charge in [0, 0.05) is 20.1 Å². The van der Waals surface area contributed by atoms with Crippen molar-refractivity contribution in [1.29, 1.82) is 0 Å². The van der Waals surface area contributed by atoms with E-state index in [1.807, 2.05) is 31.0 Å². The third kappa shape index (κ3) is 2.53. The highest BCUT2D eigenvalue weighted by molar-refractivity contribution is 5.79. The largest absolute Gasteiger partial charge is 0.465 e. The van der Waals surface area contributed by atoms with Crippen LogP contribution in [0.1, 0.15) is 11.5 Å². The quantitative estimate of drug-likeness (QED) is 0.795. The number of furan rings is 1. The van der Waals surface area contributed by atoms with Gasteiger partial charge in [0.15, 0.2) is 0 Å². The SMILES string of the molecule is Cc1ccc(CN2C[C@@H]3COC[C@H](C2)N(C)C3=O)o1. The molecule has 0 aliphatic carbocycles. The van der Waals surface area contributed by atoms with E-state index in [4.69, 9.17) is 9.15 Å². The van der Waals surface area contributed by atoms with Crippen LogP contribution in [0.5, 0.6) is 0 Å². The van der Waals surface area contributed by atoms with Gasteiger partial charge < -0.3 is 14.1 Å². The fraction of sp³-hybridized carbons (Fsp3) is 0.643. The van der Waals surface area contributed by atoms with Crippen molar-refractivity contribution >= 4 is 5.91 Å². The molecule has 5 nitrogen and oxygen atoms in total. The zero-order valence-corrected chi connectivity index (χ0v) is 11.5. The van der Waals surface area contributed by atoms with Gasteiger partial charge in [-0.1, -0.05) is 0 Å². The maximum atomic E-state index is 12.2. The van der Waals surface area contributed by atoms with Crippen LogP contribution < -0.4 is 0 Å². The van der Waals surface area contributed by atoms with Crippen molar-refractivity contribution < 1.29 is 13.9 Å². The number of ether oxygens (including phenoxy) is 1. The van der Waals surface area contributed by atoms with E-state index in [2.05, 4.69) is 4.90 Å². The Morgan fingerprint density at radius 1 is 1.32 bits per heavy atom. The average Bonchev–Trinajstić information content (AvgIpc) is 2.66. The second-order valence-electron chi connectivity index (χ2n) is 5.54. The third-order valence-corrected chi connectivity index (χ3v) is 4.00. The highest BCUT2D eigenvalue weighted by Crippen LogP contribution is 2.21. The molecule has 2 fully saturated rings.